The van der Waals surface area contributed by atoms with Gasteiger partial charge in [0.2, 0.25) is 11.8 Å². The van der Waals surface area contributed by atoms with E-state index < -0.39 is 11.6 Å². The van der Waals surface area contributed by atoms with Crippen molar-refractivity contribution in [1.82, 2.24) is 9.78 Å². The van der Waals surface area contributed by atoms with Gasteiger partial charge in [0.25, 0.3) is 0 Å². The van der Waals surface area contributed by atoms with Crippen LogP contribution in [0.15, 0.2) is 72.8 Å². The van der Waals surface area contributed by atoms with Crippen LogP contribution in [0.2, 0.25) is 0 Å². The van der Waals surface area contributed by atoms with Gasteiger partial charge in [0.15, 0.2) is 11.6 Å². The smallest absolute Gasteiger partial charge is 0.226 e. The molecule has 1 N–H and O–H groups in total. The van der Waals surface area contributed by atoms with Crippen molar-refractivity contribution in [2.45, 2.75) is 26.7 Å². The van der Waals surface area contributed by atoms with Crippen LogP contribution in [0.1, 0.15) is 23.2 Å². The fourth-order valence-corrected chi connectivity index (χ4v) is 3.56. The Kier molecular flexibility index (Phi) is 6.49. The van der Waals surface area contributed by atoms with Crippen LogP contribution < -0.4 is 10.1 Å². The maximum absolute atomic E-state index is 14.4. The monoisotopic (exact) mass is 447 g/mol. The molecule has 7 heteroatoms. The van der Waals surface area contributed by atoms with Crippen LogP contribution >= 0.6 is 0 Å². The van der Waals surface area contributed by atoms with Crippen LogP contribution in [0.3, 0.4) is 0 Å². The zero-order valence-electron chi connectivity index (χ0n) is 18.3. The molecule has 0 saturated carbocycles. The van der Waals surface area contributed by atoms with Gasteiger partial charge in [-0.2, -0.15) is 9.78 Å². The second kappa shape index (κ2) is 9.65. The minimum absolute atomic E-state index is 0.0673. The molecule has 33 heavy (non-hydrogen) atoms. The Labute approximate surface area is 190 Å². The highest BCUT2D eigenvalue weighted by molar-refractivity contribution is 5.90. The third-order valence-corrected chi connectivity index (χ3v) is 5.23. The summed E-state index contributed by atoms with van der Waals surface area (Å²) in [5.41, 5.74) is 3.50. The zero-order valence-corrected chi connectivity index (χ0v) is 18.3. The van der Waals surface area contributed by atoms with E-state index in [-0.39, 0.29) is 18.1 Å². The Morgan fingerprint density at radius 1 is 1.00 bits per heavy atom. The molecule has 5 nitrogen and oxygen atoms in total. The maximum Gasteiger partial charge on any atom is 0.226 e. The first-order chi connectivity index (χ1) is 15.9. The first-order valence-electron chi connectivity index (χ1n) is 10.5. The molecular formula is C26H23F2N3O2. The first-order valence-corrected chi connectivity index (χ1v) is 10.5. The number of carbonyl (C=O) groups excluding carboxylic acids is 1. The van der Waals surface area contributed by atoms with Gasteiger partial charge in [-0.3, -0.25) is 4.79 Å². The van der Waals surface area contributed by atoms with E-state index in [0.29, 0.717) is 29.2 Å². The van der Waals surface area contributed by atoms with E-state index in [1.54, 1.807) is 28.9 Å². The summed E-state index contributed by atoms with van der Waals surface area (Å²) in [5, 5.41) is 7.32. The molecule has 0 fully saturated rings. The summed E-state index contributed by atoms with van der Waals surface area (Å²) in [6.07, 6.45) is 0.424. The van der Waals surface area contributed by atoms with Crippen LogP contribution in [0.4, 0.5) is 14.5 Å². The van der Waals surface area contributed by atoms with Crippen molar-refractivity contribution in [2.75, 3.05) is 5.32 Å². The summed E-state index contributed by atoms with van der Waals surface area (Å²) in [5.74, 6) is -0.783. The zero-order chi connectivity index (χ0) is 23.4. The normalized spacial score (nSPS) is 10.8. The Bertz CT molecular complexity index is 1300. The summed E-state index contributed by atoms with van der Waals surface area (Å²) in [6, 6.07) is 19.5. The summed E-state index contributed by atoms with van der Waals surface area (Å²) >= 11 is 0. The third-order valence-electron chi connectivity index (χ3n) is 5.23. The lowest BCUT2D eigenvalue weighted by molar-refractivity contribution is -0.116. The van der Waals surface area contributed by atoms with Crippen molar-refractivity contribution >= 4 is 11.6 Å². The van der Waals surface area contributed by atoms with Crippen molar-refractivity contribution in [3.8, 4) is 17.3 Å². The minimum Gasteiger partial charge on any atom is -0.436 e. The number of rotatable bonds is 7. The van der Waals surface area contributed by atoms with Gasteiger partial charge in [-0.1, -0.05) is 36.4 Å². The van der Waals surface area contributed by atoms with Crippen molar-refractivity contribution < 1.29 is 18.3 Å². The van der Waals surface area contributed by atoms with Crippen LogP contribution in [0.5, 0.6) is 11.6 Å². The number of halogens is 2. The van der Waals surface area contributed by atoms with Crippen molar-refractivity contribution in [2.24, 2.45) is 0 Å². The Morgan fingerprint density at radius 3 is 2.52 bits per heavy atom. The molecule has 3 aromatic carbocycles. The average Bonchev–Trinajstić information content (AvgIpc) is 3.09. The number of aryl methyl sites for hydroxylation is 2. The number of amides is 1. The molecule has 0 aliphatic carbocycles. The second-order valence-corrected chi connectivity index (χ2v) is 7.66. The molecule has 0 aliphatic heterocycles. The highest BCUT2D eigenvalue weighted by Gasteiger charge is 2.21. The molecule has 0 aliphatic rings. The SMILES string of the molecule is Cc1ccccc1-n1nc(C)c(CCC(=O)Nc2cccc(F)c2)c1Oc1ccccc1F. The molecule has 4 aromatic rings. The largest absolute Gasteiger partial charge is 0.436 e. The number of aromatic nitrogens is 2. The van der Waals surface area contributed by atoms with E-state index in [9.17, 15) is 13.6 Å². The number of ether oxygens (including phenoxy) is 1. The lowest BCUT2D eigenvalue weighted by Crippen LogP contribution is -2.13. The standard InChI is InChI=1S/C26H23F2N3O2/c1-17-8-3-5-12-23(17)31-26(33-24-13-6-4-11-22(24)28)21(18(2)30-31)14-15-25(32)29-20-10-7-9-19(27)16-20/h3-13,16H,14-15H2,1-2H3,(H,29,32). The summed E-state index contributed by atoms with van der Waals surface area (Å²) < 4.78 is 35.4. The molecule has 0 bridgehead atoms. The Morgan fingerprint density at radius 2 is 1.76 bits per heavy atom. The highest BCUT2D eigenvalue weighted by Crippen LogP contribution is 2.33. The van der Waals surface area contributed by atoms with E-state index >= 15 is 0 Å². The number of nitrogens with zero attached hydrogens (tertiary/aromatic N) is 2. The summed E-state index contributed by atoms with van der Waals surface area (Å²) in [6.45, 7) is 3.77. The van der Waals surface area contributed by atoms with Crippen molar-refractivity contribution in [1.29, 1.82) is 0 Å². The van der Waals surface area contributed by atoms with Gasteiger partial charge in [-0.25, -0.2) is 8.78 Å². The van der Waals surface area contributed by atoms with Gasteiger partial charge in [0.05, 0.1) is 11.4 Å². The van der Waals surface area contributed by atoms with Gasteiger partial charge < -0.3 is 10.1 Å². The highest BCUT2D eigenvalue weighted by atomic mass is 19.1. The lowest BCUT2D eigenvalue weighted by atomic mass is 10.1. The summed E-state index contributed by atoms with van der Waals surface area (Å²) in [7, 11) is 0. The van der Waals surface area contributed by atoms with Crippen LogP contribution in [0.25, 0.3) is 5.69 Å². The maximum atomic E-state index is 14.4. The number of para-hydroxylation sites is 2. The molecule has 1 heterocycles. The Balaban J connectivity index is 1.64. The molecule has 4 rings (SSSR count). The van der Waals surface area contributed by atoms with E-state index in [1.807, 2.05) is 38.1 Å². The third kappa shape index (κ3) is 5.09. The molecule has 0 radical (unpaired) electrons. The van der Waals surface area contributed by atoms with Gasteiger partial charge >= 0.3 is 0 Å². The van der Waals surface area contributed by atoms with E-state index in [2.05, 4.69) is 10.4 Å². The van der Waals surface area contributed by atoms with Gasteiger partial charge in [-0.15, -0.1) is 0 Å². The Hall–Kier alpha value is -4.00. The topological polar surface area (TPSA) is 56.2 Å². The minimum atomic E-state index is -0.498. The molecule has 0 saturated heterocycles. The number of nitrogens with one attached hydrogen (secondary N) is 1. The van der Waals surface area contributed by atoms with Crippen molar-refractivity contribution in [3.63, 3.8) is 0 Å². The van der Waals surface area contributed by atoms with Gasteiger partial charge in [0.1, 0.15) is 5.82 Å². The quantitative estimate of drug-likeness (QED) is 0.371. The molecular weight excluding hydrogens is 424 g/mol. The van der Waals surface area contributed by atoms with E-state index in [0.717, 1.165) is 11.3 Å². The lowest BCUT2D eigenvalue weighted by Gasteiger charge is -2.13. The first kappa shape index (κ1) is 22.2. The molecule has 0 spiro atoms. The van der Waals surface area contributed by atoms with Crippen molar-refractivity contribution in [3.05, 3.63) is 101 Å². The molecule has 168 valence electrons. The predicted octanol–water partition coefficient (Wildman–Crippen LogP) is 6.13. The fraction of sp³-hybridized carbons (Fsp3) is 0.154. The molecule has 0 unspecified atom stereocenters. The van der Waals surface area contributed by atoms with E-state index in [1.165, 1.54) is 24.3 Å². The molecule has 1 aromatic heterocycles. The van der Waals surface area contributed by atoms with Crippen LogP contribution in [0, 0.1) is 25.5 Å². The number of hydrogen-bond donors (Lipinski definition) is 1. The molecule has 0 atom stereocenters. The second-order valence-electron chi connectivity index (χ2n) is 7.66. The number of anilines is 1. The predicted molar refractivity (Wildman–Crippen MR) is 123 cm³/mol. The summed E-state index contributed by atoms with van der Waals surface area (Å²) in [4.78, 5) is 12.5. The number of benzene rings is 3. The number of hydrogen-bond acceptors (Lipinski definition) is 3. The van der Waals surface area contributed by atoms with Gasteiger partial charge in [0, 0.05) is 17.7 Å². The van der Waals surface area contributed by atoms with Gasteiger partial charge in [-0.05, 0) is 62.2 Å². The molecule has 1 amide bonds. The number of carbonyl (C=O) groups is 1. The fourth-order valence-electron chi connectivity index (χ4n) is 3.56. The average molecular weight is 447 g/mol. The van der Waals surface area contributed by atoms with E-state index in [4.69, 9.17) is 4.74 Å². The van der Waals surface area contributed by atoms with Crippen LogP contribution in [-0.2, 0) is 11.2 Å². The van der Waals surface area contributed by atoms with Crippen LogP contribution in [-0.4, -0.2) is 15.7 Å².